The van der Waals surface area contributed by atoms with E-state index in [2.05, 4.69) is 9.82 Å². The maximum atomic E-state index is 13.9. The zero-order valence-corrected chi connectivity index (χ0v) is 25.9. The lowest BCUT2D eigenvalue weighted by molar-refractivity contribution is -0.134. The Morgan fingerprint density at radius 2 is 1.70 bits per heavy atom. The summed E-state index contributed by atoms with van der Waals surface area (Å²) in [5.74, 6) is -0.0794. The standard InChI is InChI=1S/C27H41N5O6S2/c1-19(2)16-31(17-20(3)4)27(33)25(29-40(36,37)24-8-9-26-22(15-24)11-13-38-26)10-12-32(39(7,34)35)18-23-14-21(5)30(6)28-23/h8-9,11,13-15,19-20,25,29H,10,12,16-18H2,1-7H3/t25-/m0/s1. The number of aryl methyl sites for hydroxylation is 2. The van der Waals surface area contributed by atoms with E-state index in [0.29, 0.717) is 29.8 Å². The molecule has 0 aliphatic heterocycles. The third-order valence-electron chi connectivity index (χ3n) is 6.45. The van der Waals surface area contributed by atoms with Crippen LogP contribution in [0, 0.1) is 18.8 Å². The molecule has 0 spiro atoms. The Bertz CT molecular complexity index is 1500. The molecule has 1 atom stereocenters. The molecule has 2 aromatic heterocycles. The smallest absolute Gasteiger partial charge is 0.241 e. The van der Waals surface area contributed by atoms with Crippen molar-refractivity contribution in [3.63, 3.8) is 0 Å². The Morgan fingerprint density at radius 1 is 1.05 bits per heavy atom. The third kappa shape index (κ3) is 8.38. The van der Waals surface area contributed by atoms with Crippen LogP contribution in [0.15, 0.2) is 45.9 Å². The topological polar surface area (TPSA) is 135 Å². The Kier molecular flexibility index (Phi) is 10.2. The lowest BCUT2D eigenvalue weighted by atomic mass is 10.1. The fourth-order valence-electron chi connectivity index (χ4n) is 4.48. The summed E-state index contributed by atoms with van der Waals surface area (Å²) in [6, 6.07) is 6.73. The molecule has 0 fully saturated rings. The van der Waals surface area contributed by atoms with Crippen molar-refractivity contribution < 1.29 is 26.0 Å². The van der Waals surface area contributed by atoms with Crippen LogP contribution in [0.25, 0.3) is 11.0 Å². The van der Waals surface area contributed by atoms with Gasteiger partial charge in [-0.15, -0.1) is 0 Å². The number of nitrogens with one attached hydrogen (secondary N) is 1. The zero-order valence-electron chi connectivity index (χ0n) is 24.3. The molecular formula is C27H41N5O6S2. The minimum Gasteiger partial charge on any atom is -0.464 e. The predicted molar refractivity (Wildman–Crippen MR) is 154 cm³/mol. The maximum Gasteiger partial charge on any atom is 0.241 e. The van der Waals surface area contributed by atoms with E-state index in [9.17, 15) is 21.6 Å². The molecule has 1 N–H and O–H groups in total. The van der Waals surface area contributed by atoms with Crippen molar-refractivity contribution in [1.82, 2.24) is 23.7 Å². The van der Waals surface area contributed by atoms with Gasteiger partial charge in [0.05, 0.1) is 29.7 Å². The highest BCUT2D eigenvalue weighted by atomic mass is 32.2. The first-order valence-electron chi connectivity index (χ1n) is 13.3. The molecule has 0 bridgehead atoms. The number of carbonyl (C=O) groups excluding carboxylic acids is 1. The molecule has 3 rings (SSSR count). The summed E-state index contributed by atoms with van der Waals surface area (Å²) in [5, 5.41) is 4.97. The van der Waals surface area contributed by atoms with Gasteiger partial charge in [-0.2, -0.15) is 14.1 Å². The SMILES string of the molecule is Cc1cc(CN(CC[C@H](NS(=O)(=O)c2ccc3occc3c2)C(=O)N(CC(C)C)CC(C)C)S(C)(=O)=O)nn1C. The van der Waals surface area contributed by atoms with Gasteiger partial charge in [0.25, 0.3) is 0 Å². The van der Waals surface area contributed by atoms with Crippen LogP contribution in [0.4, 0.5) is 0 Å². The molecule has 1 aromatic carbocycles. The Balaban J connectivity index is 1.93. The fourth-order valence-corrected chi connectivity index (χ4v) is 6.55. The van der Waals surface area contributed by atoms with Gasteiger partial charge in [0, 0.05) is 37.8 Å². The van der Waals surface area contributed by atoms with Crippen molar-refractivity contribution in [2.24, 2.45) is 18.9 Å². The van der Waals surface area contributed by atoms with Crippen molar-refractivity contribution in [3.05, 3.63) is 48.0 Å². The molecule has 0 saturated heterocycles. The van der Waals surface area contributed by atoms with Crippen molar-refractivity contribution in [2.45, 2.75) is 58.5 Å². The average molecular weight is 596 g/mol. The third-order valence-corrected chi connectivity index (χ3v) is 9.17. The number of aromatic nitrogens is 2. The first-order valence-corrected chi connectivity index (χ1v) is 16.6. The van der Waals surface area contributed by atoms with E-state index < -0.39 is 32.0 Å². The number of nitrogens with zero attached hydrogens (tertiary/aromatic N) is 4. The number of benzene rings is 1. The van der Waals surface area contributed by atoms with Crippen LogP contribution in [0.2, 0.25) is 0 Å². The highest BCUT2D eigenvalue weighted by Crippen LogP contribution is 2.21. The fraction of sp³-hybridized carbons (Fsp3) is 0.556. The number of hydrogen-bond donors (Lipinski definition) is 1. The molecule has 40 heavy (non-hydrogen) atoms. The number of amides is 1. The normalized spacial score (nSPS) is 13.6. The van der Waals surface area contributed by atoms with Crippen molar-refractivity contribution >= 4 is 36.9 Å². The van der Waals surface area contributed by atoms with E-state index in [4.69, 9.17) is 4.42 Å². The van der Waals surface area contributed by atoms with Crippen LogP contribution in [-0.2, 0) is 38.4 Å². The van der Waals surface area contributed by atoms with Gasteiger partial charge in [-0.1, -0.05) is 27.7 Å². The first kappa shape index (κ1) is 31.8. The van der Waals surface area contributed by atoms with Gasteiger partial charge >= 0.3 is 0 Å². The summed E-state index contributed by atoms with van der Waals surface area (Å²) in [4.78, 5) is 15.5. The van der Waals surface area contributed by atoms with Crippen LogP contribution in [-0.4, -0.2) is 73.7 Å². The second kappa shape index (κ2) is 12.8. The predicted octanol–water partition coefficient (Wildman–Crippen LogP) is 3.11. The molecule has 11 nitrogen and oxygen atoms in total. The summed E-state index contributed by atoms with van der Waals surface area (Å²) in [5.41, 5.74) is 1.97. The summed E-state index contributed by atoms with van der Waals surface area (Å²) in [6.07, 6.45) is 2.50. The van der Waals surface area contributed by atoms with Crippen molar-refractivity contribution in [1.29, 1.82) is 0 Å². The summed E-state index contributed by atoms with van der Waals surface area (Å²) in [7, 11) is -6.05. The minimum atomic E-state index is -4.13. The molecule has 0 aliphatic carbocycles. The Hall–Kier alpha value is -2.74. The van der Waals surface area contributed by atoms with Crippen LogP contribution in [0.3, 0.4) is 0 Å². The lowest BCUT2D eigenvalue weighted by Crippen LogP contribution is -2.51. The van der Waals surface area contributed by atoms with Crippen LogP contribution in [0.1, 0.15) is 45.5 Å². The Morgan fingerprint density at radius 3 is 2.25 bits per heavy atom. The van der Waals surface area contributed by atoms with E-state index in [1.165, 1.54) is 22.7 Å². The van der Waals surface area contributed by atoms with E-state index in [1.807, 2.05) is 34.6 Å². The molecule has 13 heteroatoms. The van der Waals surface area contributed by atoms with Gasteiger partial charge in [-0.05, 0) is 55.5 Å². The van der Waals surface area contributed by atoms with Gasteiger partial charge < -0.3 is 9.32 Å². The number of rotatable bonds is 14. The molecule has 0 radical (unpaired) electrons. The second-order valence-corrected chi connectivity index (χ2v) is 14.8. The van der Waals surface area contributed by atoms with E-state index >= 15 is 0 Å². The molecule has 0 saturated carbocycles. The van der Waals surface area contributed by atoms with Crippen LogP contribution >= 0.6 is 0 Å². The highest BCUT2D eigenvalue weighted by molar-refractivity contribution is 7.89. The van der Waals surface area contributed by atoms with Crippen LogP contribution in [0.5, 0.6) is 0 Å². The highest BCUT2D eigenvalue weighted by Gasteiger charge is 2.32. The van der Waals surface area contributed by atoms with Gasteiger partial charge in [0.1, 0.15) is 11.6 Å². The average Bonchev–Trinajstić information content (AvgIpc) is 3.43. The zero-order chi connectivity index (χ0) is 29.8. The largest absolute Gasteiger partial charge is 0.464 e. The molecular weight excluding hydrogens is 554 g/mol. The number of fused-ring (bicyclic) bond motifs is 1. The molecule has 0 unspecified atom stereocenters. The van der Waals surface area contributed by atoms with E-state index in [-0.39, 0.29) is 36.2 Å². The molecule has 1 amide bonds. The summed E-state index contributed by atoms with van der Waals surface area (Å²) in [6.45, 7) is 10.6. The first-order chi connectivity index (χ1) is 18.6. The Labute approximate surface area is 237 Å². The molecule has 3 aromatic rings. The van der Waals surface area contributed by atoms with Crippen molar-refractivity contribution in [2.75, 3.05) is 25.9 Å². The number of hydrogen-bond acceptors (Lipinski definition) is 7. The number of carbonyl (C=O) groups is 1. The molecule has 222 valence electrons. The number of sulfonamides is 2. The quantitative estimate of drug-likeness (QED) is 0.303. The maximum absolute atomic E-state index is 13.9. The summed E-state index contributed by atoms with van der Waals surface area (Å²) < 4.78 is 63.1. The van der Waals surface area contributed by atoms with Crippen LogP contribution < -0.4 is 4.72 Å². The van der Waals surface area contributed by atoms with E-state index in [1.54, 1.807) is 34.8 Å². The monoisotopic (exact) mass is 595 g/mol. The second-order valence-electron chi connectivity index (χ2n) is 11.1. The van der Waals surface area contributed by atoms with Gasteiger partial charge in [-0.25, -0.2) is 16.8 Å². The molecule has 2 heterocycles. The minimum absolute atomic E-state index is 0.00698. The lowest BCUT2D eigenvalue weighted by Gasteiger charge is -2.31. The van der Waals surface area contributed by atoms with Gasteiger partial charge in [0.2, 0.25) is 26.0 Å². The van der Waals surface area contributed by atoms with Gasteiger partial charge in [0.15, 0.2) is 0 Å². The summed E-state index contributed by atoms with van der Waals surface area (Å²) >= 11 is 0. The number of furan rings is 1. The van der Waals surface area contributed by atoms with Crippen molar-refractivity contribution in [3.8, 4) is 0 Å². The molecule has 0 aliphatic rings. The van der Waals surface area contributed by atoms with E-state index in [0.717, 1.165) is 11.9 Å². The van der Waals surface area contributed by atoms with Gasteiger partial charge in [-0.3, -0.25) is 9.48 Å².